The van der Waals surface area contributed by atoms with Gasteiger partial charge in [0.2, 0.25) is 0 Å². The number of carboxylic acid groups (broad SMARTS) is 1. The van der Waals surface area contributed by atoms with Gasteiger partial charge in [-0.25, -0.2) is 9.59 Å². The van der Waals surface area contributed by atoms with Crippen LogP contribution in [0.5, 0.6) is 0 Å². The van der Waals surface area contributed by atoms with Gasteiger partial charge < -0.3 is 15.2 Å². The van der Waals surface area contributed by atoms with Crippen LogP contribution in [0, 0.1) is 11.8 Å². The first-order chi connectivity index (χ1) is 15.1. The predicted octanol–water partition coefficient (Wildman–Crippen LogP) is 4.93. The summed E-state index contributed by atoms with van der Waals surface area (Å²) >= 11 is 5.92. The minimum atomic E-state index is -1.15. The Kier molecular flexibility index (Phi) is 5.92. The number of hydrogen-bond donors (Lipinski definition) is 2. The summed E-state index contributed by atoms with van der Waals surface area (Å²) in [5, 5.41) is 12.0. The van der Waals surface area contributed by atoms with E-state index in [0.29, 0.717) is 0 Å². The van der Waals surface area contributed by atoms with Crippen molar-refractivity contribution in [3.05, 3.63) is 94.0 Å². The third-order valence-corrected chi connectivity index (χ3v) is 5.43. The second kappa shape index (κ2) is 8.95. The molecule has 4 rings (SSSR count). The maximum atomic E-state index is 12.1. The van der Waals surface area contributed by atoms with Gasteiger partial charge in [0.15, 0.2) is 0 Å². The number of ether oxygens (including phenoxy) is 1. The second-order valence-corrected chi connectivity index (χ2v) is 7.36. The molecule has 0 saturated heterocycles. The lowest BCUT2D eigenvalue weighted by atomic mass is 9.98. The number of carbonyl (C=O) groups is 2. The van der Waals surface area contributed by atoms with Crippen molar-refractivity contribution in [2.24, 2.45) is 0 Å². The molecule has 0 aliphatic heterocycles. The number of aromatic carboxylic acids is 1. The van der Waals surface area contributed by atoms with Crippen LogP contribution in [0.4, 0.5) is 4.79 Å². The topological polar surface area (TPSA) is 75.6 Å². The fourth-order valence-corrected chi connectivity index (χ4v) is 4.01. The van der Waals surface area contributed by atoms with Crippen molar-refractivity contribution in [2.45, 2.75) is 5.92 Å². The summed E-state index contributed by atoms with van der Waals surface area (Å²) in [6.07, 6.45) is -0.583. The standard InChI is InChI=1S/C25H18ClNO4/c26-22-13-5-7-16(23(22)24(28)29)8-6-14-27-25(30)31-15-21-19-11-3-1-9-17(19)18-10-2-4-12-20(18)21/h1-5,7,9-13,21H,14-15H2,(H,27,30)(H,28,29). The number of carbonyl (C=O) groups excluding carboxylic acids is 1. The average Bonchev–Trinajstić information content (AvgIpc) is 3.09. The molecule has 1 aliphatic rings. The average molecular weight is 432 g/mol. The summed E-state index contributed by atoms with van der Waals surface area (Å²) in [5.41, 5.74) is 4.83. The van der Waals surface area contributed by atoms with E-state index in [1.54, 1.807) is 12.1 Å². The van der Waals surface area contributed by atoms with E-state index in [2.05, 4.69) is 41.4 Å². The molecule has 0 unspecified atom stereocenters. The first-order valence-electron chi connectivity index (χ1n) is 9.66. The van der Waals surface area contributed by atoms with Crippen LogP contribution in [0.15, 0.2) is 66.7 Å². The number of nitrogens with one attached hydrogen (secondary N) is 1. The quantitative estimate of drug-likeness (QED) is 0.574. The van der Waals surface area contributed by atoms with E-state index >= 15 is 0 Å². The van der Waals surface area contributed by atoms with Gasteiger partial charge >= 0.3 is 12.1 Å². The summed E-state index contributed by atoms with van der Waals surface area (Å²) in [4.78, 5) is 23.5. The molecule has 0 spiro atoms. The van der Waals surface area contributed by atoms with Gasteiger partial charge in [0, 0.05) is 11.5 Å². The third kappa shape index (κ3) is 4.25. The molecule has 3 aromatic carbocycles. The summed E-state index contributed by atoms with van der Waals surface area (Å²) in [5.74, 6) is 4.29. The van der Waals surface area contributed by atoms with Crippen LogP contribution in [0.3, 0.4) is 0 Å². The van der Waals surface area contributed by atoms with Crippen LogP contribution in [0.2, 0.25) is 5.02 Å². The number of amides is 1. The van der Waals surface area contributed by atoms with Gasteiger partial charge in [-0.1, -0.05) is 78.0 Å². The monoisotopic (exact) mass is 431 g/mol. The fraction of sp³-hybridized carbons (Fsp3) is 0.120. The Hall–Kier alpha value is -3.75. The largest absolute Gasteiger partial charge is 0.478 e. The van der Waals surface area contributed by atoms with Crippen molar-refractivity contribution in [3.8, 4) is 23.0 Å². The summed E-state index contributed by atoms with van der Waals surface area (Å²) in [6, 6.07) is 20.9. The maximum absolute atomic E-state index is 12.1. The van der Waals surface area contributed by atoms with Crippen molar-refractivity contribution in [1.29, 1.82) is 0 Å². The fourth-order valence-electron chi connectivity index (χ4n) is 3.75. The Bertz CT molecular complexity index is 1180. The highest BCUT2D eigenvalue weighted by Crippen LogP contribution is 2.44. The molecule has 6 heteroatoms. The van der Waals surface area contributed by atoms with Crippen molar-refractivity contribution >= 4 is 23.7 Å². The van der Waals surface area contributed by atoms with E-state index in [1.165, 1.54) is 6.07 Å². The zero-order chi connectivity index (χ0) is 21.8. The molecule has 154 valence electrons. The van der Waals surface area contributed by atoms with Gasteiger partial charge in [0.1, 0.15) is 6.61 Å². The lowest BCUT2D eigenvalue weighted by molar-refractivity contribution is 0.0696. The normalized spacial score (nSPS) is 11.6. The van der Waals surface area contributed by atoms with Gasteiger partial charge in [-0.3, -0.25) is 0 Å². The number of fused-ring (bicyclic) bond motifs is 3. The van der Waals surface area contributed by atoms with Crippen LogP contribution < -0.4 is 5.32 Å². The molecule has 5 nitrogen and oxygen atoms in total. The van der Waals surface area contributed by atoms with Crippen LogP contribution in [0.25, 0.3) is 11.1 Å². The van der Waals surface area contributed by atoms with Crippen molar-refractivity contribution in [3.63, 3.8) is 0 Å². The molecule has 0 fully saturated rings. The molecule has 0 radical (unpaired) electrons. The Labute approximate surface area is 184 Å². The molecule has 0 aromatic heterocycles. The first kappa shape index (κ1) is 20.5. The Morgan fingerprint density at radius 1 is 0.968 bits per heavy atom. The zero-order valence-corrected chi connectivity index (χ0v) is 17.1. The van der Waals surface area contributed by atoms with E-state index in [1.807, 2.05) is 24.3 Å². The first-order valence-corrected chi connectivity index (χ1v) is 10.0. The molecular weight excluding hydrogens is 414 g/mol. The smallest absolute Gasteiger partial charge is 0.407 e. The molecule has 0 heterocycles. The number of carboxylic acids is 1. The molecule has 0 atom stereocenters. The van der Waals surface area contributed by atoms with Crippen molar-refractivity contribution < 1.29 is 19.4 Å². The molecule has 1 amide bonds. The SMILES string of the molecule is O=C(NCC#Cc1cccc(Cl)c1C(=O)O)OCC1c2ccccc2-c2ccccc21. The zero-order valence-electron chi connectivity index (χ0n) is 16.4. The Morgan fingerprint density at radius 2 is 1.61 bits per heavy atom. The minimum Gasteiger partial charge on any atom is -0.478 e. The summed E-state index contributed by atoms with van der Waals surface area (Å²) < 4.78 is 5.44. The van der Waals surface area contributed by atoms with E-state index in [0.717, 1.165) is 22.3 Å². The van der Waals surface area contributed by atoms with Gasteiger partial charge in [-0.15, -0.1) is 0 Å². The molecule has 2 N–H and O–H groups in total. The summed E-state index contributed by atoms with van der Waals surface area (Å²) in [6.45, 7) is 0.229. The van der Waals surface area contributed by atoms with Crippen LogP contribution in [0.1, 0.15) is 33.0 Å². The van der Waals surface area contributed by atoms with Gasteiger partial charge in [-0.2, -0.15) is 0 Å². The predicted molar refractivity (Wildman–Crippen MR) is 118 cm³/mol. The molecule has 0 bridgehead atoms. The Balaban J connectivity index is 1.37. The molecule has 0 saturated carbocycles. The van der Waals surface area contributed by atoms with Gasteiger partial charge in [-0.05, 0) is 34.4 Å². The van der Waals surface area contributed by atoms with E-state index < -0.39 is 12.1 Å². The molecular formula is C25H18ClNO4. The third-order valence-electron chi connectivity index (χ3n) is 5.12. The molecule has 1 aliphatic carbocycles. The van der Waals surface area contributed by atoms with Crippen molar-refractivity contribution in [1.82, 2.24) is 5.32 Å². The minimum absolute atomic E-state index is 0.0161. The van der Waals surface area contributed by atoms with E-state index in [4.69, 9.17) is 16.3 Å². The molecule has 3 aromatic rings. The number of rotatable bonds is 4. The van der Waals surface area contributed by atoms with E-state index in [9.17, 15) is 14.7 Å². The molecule has 31 heavy (non-hydrogen) atoms. The summed E-state index contributed by atoms with van der Waals surface area (Å²) in [7, 11) is 0. The number of hydrogen-bond acceptors (Lipinski definition) is 3. The number of halogens is 1. The lowest BCUT2D eigenvalue weighted by Crippen LogP contribution is -2.26. The highest BCUT2D eigenvalue weighted by Gasteiger charge is 2.28. The number of alkyl carbamates (subject to hydrolysis) is 1. The van der Waals surface area contributed by atoms with Crippen LogP contribution in [-0.2, 0) is 4.74 Å². The van der Waals surface area contributed by atoms with Gasteiger partial charge in [0.05, 0.1) is 17.1 Å². The van der Waals surface area contributed by atoms with E-state index in [-0.39, 0.29) is 35.2 Å². The Morgan fingerprint density at radius 3 is 2.26 bits per heavy atom. The second-order valence-electron chi connectivity index (χ2n) is 6.95. The lowest BCUT2D eigenvalue weighted by Gasteiger charge is -2.14. The van der Waals surface area contributed by atoms with Crippen molar-refractivity contribution in [2.75, 3.05) is 13.2 Å². The van der Waals surface area contributed by atoms with Crippen LogP contribution in [-0.4, -0.2) is 30.3 Å². The highest BCUT2D eigenvalue weighted by molar-refractivity contribution is 6.33. The van der Waals surface area contributed by atoms with Crippen LogP contribution >= 0.6 is 11.6 Å². The van der Waals surface area contributed by atoms with Gasteiger partial charge in [0.25, 0.3) is 0 Å². The highest BCUT2D eigenvalue weighted by atomic mass is 35.5. The maximum Gasteiger partial charge on any atom is 0.407 e. The number of benzene rings is 3.